The summed E-state index contributed by atoms with van der Waals surface area (Å²) >= 11 is 1.50. The molecule has 1 saturated carbocycles. The molecule has 0 bridgehead atoms. The van der Waals surface area contributed by atoms with Crippen molar-refractivity contribution in [3.05, 3.63) is 82.4 Å². The highest BCUT2D eigenvalue weighted by molar-refractivity contribution is 7.09. The molecule has 0 saturated heterocycles. The van der Waals surface area contributed by atoms with Crippen molar-refractivity contribution in [2.75, 3.05) is 5.32 Å². The zero-order chi connectivity index (χ0) is 26.7. The van der Waals surface area contributed by atoms with Gasteiger partial charge in [-0.1, -0.05) is 43.5 Å². The number of carbonyl (C=O) groups excluding carboxylic acids is 3. The van der Waals surface area contributed by atoms with Crippen LogP contribution in [0.3, 0.4) is 0 Å². The third kappa shape index (κ3) is 7.95. The Kier molecular flexibility index (Phi) is 9.97. The van der Waals surface area contributed by atoms with Gasteiger partial charge >= 0.3 is 0 Å². The van der Waals surface area contributed by atoms with E-state index in [1.807, 2.05) is 17.5 Å². The van der Waals surface area contributed by atoms with Crippen molar-refractivity contribution in [1.82, 2.24) is 15.2 Å². The molecule has 9 heteroatoms. The van der Waals surface area contributed by atoms with Crippen molar-refractivity contribution in [1.29, 1.82) is 0 Å². The molecule has 4 rings (SSSR count). The molecule has 200 valence electrons. The molecule has 0 radical (unpaired) electrons. The number of hydrogen-bond acceptors (Lipinski definition) is 5. The summed E-state index contributed by atoms with van der Waals surface area (Å²) in [7, 11) is 0. The summed E-state index contributed by atoms with van der Waals surface area (Å²) in [5.74, 6) is -0.681. The fourth-order valence-corrected chi connectivity index (χ4v) is 5.43. The molecule has 3 aromatic rings. The second-order valence-electron chi connectivity index (χ2n) is 9.52. The number of benzene rings is 1. The largest absolute Gasteiger partial charge is 0.351 e. The zero-order valence-corrected chi connectivity index (χ0v) is 22.1. The smallest absolute Gasteiger partial charge is 0.247 e. The van der Waals surface area contributed by atoms with Crippen molar-refractivity contribution in [2.45, 2.75) is 70.0 Å². The number of thiophene rings is 1. The molecule has 7 nitrogen and oxygen atoms in total. The maximum absolute atomic E-state index is 13.8. The molecule has 2 aromatic heterocycles. The monoisotopic (exact) mass is 536 g/mol. The van der Waals surface area contributed by atoms with Gasteiger partial charge in [0.15, 0.2) is 0 Å². The van der Waals surface area contributed by atoms with E-state index in [1.54, 1.807) is 41.4 Å². The Balaban J connectivity index is 1.50. The number of hydrogen-bond donors (Lipinski definition) is 2. The minimum absolute atomic E-state index is 0.0631. The Morgan fingerprint density at radius 2 is 1.79 bits per heavy atom. The SMILES string of the molecule is O=C(CCCC(=O)N(Cc1cccs1)C(C(=O)NC1CCCCC1)c1ccc(F)cc1)Nc1ccccn1. The molecule has 1 aliphatic carbocycles. The summed E-state index contributed by atoms with van der Waals surface area (Å²) in [4.78, 5) is 46.3. The van der Waals surface area contributed by atoms with Crippen molar-refractivity contribution >= 4 is 34.9 Å². The minimum atomic E-state index is -0.908. The van der Waals surface area contributed by atoms with Gasteiger partial charge in [-0.15, -0.1) is 11.3 Å². The van der Waals surface area contributed by atoms with Crippen LogP contribution in [0.2, 0.25) is 0 Å². The molecule has 38 heavy (non-hydrogen) atoms. The lowest BCUT2D eigenvalue weighted by atomic mass is 9.94. The molecule has 0 aliphatic heterocycles. The third-order valence-corrected chi connectivity index (χ3v) is 7.51. The Bertz CT molecular complexity index is 1180. The predicted octanol–water partition coefficient (Wildman–Crippen LogP) is 5.61. The number of amides is 3. The molecule has 1 unspecified atom stereocenters. The summed E-state index contributed by atoms with van der Waals surface area (Å²) in [6, 6.07) is 14.0. The second kappa shape index (κ2) is 13.8. The van der Waals surface area contributed by atoms with Crippen LogP contribution in [0.1, 0.15) is 67.8 Å². The molecule has 1 fully saturated rings. The molecule has 3 amide bonds. The first-order valence-corrected chi connectivity index (χ1v) is 14.0. The van der Waals surface area contributed by atoms with Gasteiger partial charge in [0.05, 0.1) is 6.54 Å². The first kappa shape index (κ1) is 27.4. The molecule has 0 spiro atoms. The Labute approximate surface area is 226 Å². The standard InChI is InChI=1S/C29H33FN4O3S/c30-22-16-14-21(15-17-22)28(29(37)32-23-8-2-1-3-9-23)34(20-24-10-7-19-38-24)27(36)13-6-12-26(35)33-25-11-4-5-18-31-25/h4-5,7,10-11,14-19,23,28H,1-3,6,8-9,12-13,20H2,(H,32,37)(H,31,33,35). The number of aromatic nitrogens is 1. The lowest BCUT2D eigenvalue weighted by Crippen LogP contribution is -2.46. The fourth-order valence-electron chi connectivity index (χ4n) is 4.72. The van der Waals surface area contributed by atoms with E-state index in [0.29, 0.717) is 17.8 Å². The summed E-state index contributed by atoms with van der Waals surface area (Å²) < 4.78 is 13.8. The summed E-state index contributed by atoms with van der Waals surface area (Å²) in [5, 5.41) is 7.81. The van der Waals surface area contributed by atoms with E-state index in [4.69, 9.17) is 0 Å². The molecule has 1 atom stereocenters. The number of nitrogens with zero attached hydrogens (tertiary/aromatic N) is 2. The van der Waals surface area contributed by atoms with E-state index >= 15 is 0 Å². The van der Waals surface area contributed by atoms with Crippen LogP contribution in [0.25, 0.3) is 0 Å². The van der Waals surface area contributed by atoms with Gasteiger partial charge in [-0.05, 0) is 60.5 Å². The van der Waals surface area contributed by atoms with Crippen molar-refractivity contribution in [3.8, 4) is 0 Å². The van der Waals surface area contributed by atoms with Crippen LogP contribution < -0.4 is 10.6 Å². The van der Waals surface area contributed by atoms with Crippen LogP contribution in [0.15, 0.2) is 66.2 Å². The van der Waals surface area contributed by atoms with Crippen LogP contribution >= 0.6 is 11.3 Å². The highest BCUT2D eigenvalue weighted by atomic mass is 32.1. The highest BCUT2D eigenvalue weighted by Gasteiger charge is 2.33. The van der Waals surface area contributed by atoms with Gasteiger partial charge < -0.3 is 15.5 Å². The van der Waals surface area contributed by atoms with E-state index in [0.717, 1.165) is 37.0 Å². The Morgan fingerprint density at radius 1 is 1.00 bits per heavy atom. The Morgan fingerprint density at radius 3 is 2.47 bits per heavy atom. The van der Waals surface area contributed by atoms with Gasteiger partial charge in [-0.25, -0.2) is 9.37 Å². The quantitative estimate of drug-likeness (QED) is 0.333. The van der Waals surface area contributed by atoms with Crippen LogP contribution in [0, 0.1) is 5.82 Å². The third-order valence-electron chi connectivity index (χ3n) is 6.65. The topological polar surface area (TPSA) is 91.4 Å². The molecule has 1 aromatic carbocycles. The van der Waals surface area contributed by atoms with E-state index in [9.17, 15) is 18.8 Å². The first-order valence-electron chi connectivity index (χ1n) is 13.1. The van der Waals surface area contributed by atoms with Crippen LogP contribution in [0.4, 0.5) is 10.2 Å². The van der Waals surface area contributed by atoms with Crippen LogP contribution in [-0.4, -0.2) is 33.6 Å². The molecule has 2 heterocycles. The highest BCUT2D eigenvalue weighted by Crippen LogP contribution is 2.28. The van der Waals surface area contributed by atoms with Gasteiger partial charge in [-0.3, -0.25) is 14.4 Å². The van der Waals surface area contributed by atoms with E-state index in [2.05, 4.69) is 15.6 Å². The molecule has 1 aliphatic rings. The van der Waals surface area contributed by atoms with Crippen LogP contribution in [-0.2, 0) is 20.9 Å². The average molecular weight is 537 g/mol. The molecule has 2 N–H and O–H groups in total. The number of anilines is 1. The summed E-state index contributed by atoms with van der Waals surface area (Å²) in [6.45, 7) is 0.247. The van der Waals surface area contributed by atoms with Crippen molar-refractivity contribution in [3.63, 3.8) is 0 Å². The van der Waals surface area contributed by atoms with E-state index in [1.165, 1.54) is 23.5 Å². The lowest BCUT2D eigenvalue weighted by Gasteiger charge is -2.33. The number of rotatable bonds is 11. The van der Waals surface area contributed by atoms with Crippen molar-refractivity contribution < 1.29 is 18.8 Å². The van der Waals surface area contributed by atoms with Gasteiger partial charge in [0.1, 0.15) is 17.7 Å². The number of carbonyl (C=O) groups is 3. The van der Waals surface area contributed by atoms with Crippen molar-refractivity contribution in [2.24, 2.45) is 0 Å². The van der Waals surface area contributed by atoms with Gasteiger partial charge in [0, 0.05) is 30.0 Å². The minimum Gasteiger partial charge on any atom is -0.351 e. The molecular formula is C29H33FN4O3S. The normalized spacial score (nSPS) is 14.4. The van der Waals surface area contributed by atoms with E-state index < -0.39 is 11.9 Å². The fraction of sp³-hybridized carbons (Fsp3) is 0.379. The first-order chi connectivity index (χ1) is 18.5. The maximum atomic E-state index is 13.8. The lowest BCUT2D eigenvalue weighted by molar-refractivity contribution is -0.142. The van der Waals surface area contributed by atoms with Crippen LogP contribution in [0.5, 0.6) is 0 Å². The van der Waals surface area contributed by atoms with Gasteiger partial charge in [-0.2, -0.15) is 0 Å². The Hall–Kier alpha value is -3.59. The van der Waals surface area contributed by atoms with Gasteiger partial charge in [0.25, 0.3) is 0 Å². The summed E-state index contributed by atoms with van der Waals surface area (Å²) in [5.41, 5.74) is 0.553. The molecular weight excluding hydrogens is 503 g/mol. The average Bonchev–Trinajstić information content (AvgIpc) is 3.44. The zero-order valence-electron chi connectivity index (χ0n) is 21.3. The van der Waals surface area contributed by atoms with Gasteiger partial charge in [0.2, 0.25) is 17.7 Å². The number of halogens is 1. The maximum Gasteiger partial charge on any atom is 0.247 e. The second-order valence-corrected chi connectivity index (χ2v) is 10.5. The summed E-state index contributed by atoms with van der Waals surface area (Å²) in [6.07, 6.45) is 7.24. The van der Waals surface area contributed by atoms with E-state index in [-0.39, 0.29) is 43.1 Å². The number of pyridine rings is 1. The predicted molar refractivity (Wildman–Crippen MR) is 146 cm³/mol. The number of nitrogens with one attached hydrogen (secondary N) is 2.